The van der Waals surface area contributed by atoms with Gasteiger partial charge in [-0.25, -0.2) is 0 Å². The fraction of sp³-hybridized carbons (Fsp3) is 0.308. The van der Waals surface area contributed by atoms with E-state index in [2.05, 4.69) is 23.5 Å². The number of primary amides is 1. The molecule has 0 atom stereocenters. The zero-order valence-electron chi connectivity index (χ0n) is 9.20. The number of hydrogen-bond acceptors (Lipinski definition) is 2. The van der Waals surface area contributed by atoms with Gasteiger partial charge in [0.15, 0.2) is 0 Å². The standard InChI is InChI=1S/C13H16N2O/c14-13(16)3-1-2-10-4-5-12-9-15-7-6-11(12)8-10/h1-2,4-5,8,15H,3,6-7,9H2,(H2,14,16). The summed E-state index contributed by atoms with van der Waals surface area (Å²) in [5, 5.41) is 3.34. The Morgan fingerprint density at radius 3 is 3.12 bits per heavy atom. The van der Waals surface area contributed by atoms with Crippen molar-refractivity contribution in [3.63, 3.8) is 0 Å². The molecule has 0 aromatic heterocycles. The summed E-state index contributed by atoms with van der Waals surface area (Å²) in [6.45, 7) is 2.00. The maximum absolute atomic E-state index is 10.6. The van der Waals surface area contributed by atoms with Crippen LogP contribution in [0, 0.1) is 0 Å². The van der Waals surface area contributed by atoms with Gasteiger partial charge in [0.2, 0.25) is 5.91 Å². The van der Waals surface area contributed by atoms with Crippen LogP contribution in [0.25, 0.3) is 6.08 Å². The average Bonchev–Trinajstić information content (AvgIpc) is 2.28. The zero-order valence-corrected chi connectivity index (χ0v) is 9.20. The van der Waals surface area contributed by atoms with Gasteiger partial charge in [-0.3, -0.25) is 4.79 Å². The van der Waals surface area contributed by atoms with Crippen LogP contribution >= 0.6 is 0 Å². The second-order valence-electron chi connectivity index (χ2n) is 4.03. The summed E-state index contributed by atoms with van der Waals surface area (Å²) in [6.07, 6.45) is 5.14. The van der Waals surface area contributed by atoms with Gasteiger partial charge < -0.3 is 11.1 Å². The molecule has 3 nitrogen and oxygen atoms in total. The predicted molar refractivity (Wildman–Crippen MR) is 64.7 cm³/mol. The molecule has 0 unspecified atom stereocenters. The lowest BCUT2D eigenvalue weighted by molar-refractivity contribution is -0.117. The van der Waals surface area contributed by atoms with Gasteiger partial charge in [-0.05, 0) is 29.7 Å². The number of nitrogens with one attached hydrogen (secondary N) is 1. The van der Waals surface area contributed by atoms with Crippen LogP contribution in [0.1, 0.15) is 23.1 Å². The SMILES string of the molecule is NC(=O)CC=Cc1ccc2c(c1)CCNC2. The van der Waals surface area contributed by atoms with Crippen molar-refractivity contribution in [2.45, 2.75) is 19.4 Å². The molecule has 16 heavy (non-hydrogen) atoms. The first-order valence-electron chi connectivity index (χ1n) is 5.53. The molecule has 1 aliphatic rings. The highest BCUT2D eigenvalue weighted by molar-refractivity contribution is 5.76. The highest BCUT2D eigenvalue weighted by Crippen LogP contribution is 2.16. The molecule has 2 rings (SSSR count). The van der Waals surface area contributed by atoms with Crippen molar-refractivity contribution in [3.05, 3.63) is 41.0 Å². The van der Waals surface area contributed by atoms with E-state index in [9.17, 15) is 4.79 Å². The molecule has 1 aliphatic heterocycles. The predicted octanol–water partition coefficient (Wildman–Crippen LogP) is 1.22. The van der Waals surface area contributed by atoms with Crippen LogP contribution in [0.15, 0.2) is 24.3 Å². The van der Waals surface area contributed by atoms with E-state index in [0.29, 0.717) is 6.42 Å². The molecule has 84 valence electrons. The number of carbonyl (C=O) groups is 1. The molecule has 1 amide bonds. The van der Waals surface area contributed by atoms with E-state index in [1.54, 1.807) is 0 Å². The smallest absolute Gasteiger partial charge is 0.221 e. The lowest BCUT2D eigenvalue weighted by Crippen LogP contribution is -2.23. The van der Waals surface area contributed by atoms with Crippen LogP contribution < -0.4 is 11.1 Å². The van der Waals surface area contributed by atoms with Crippen LogP contribution in [-0.4, -0.2) is 12.5 Å². The maximum atomic E-state index is 10.6. The topological polar surface area (TPSA) is 55.1 Å². The molecule has 0 aliphatic carbocycles. The summed E-state index contributed by atoms with van der Waals surface area (Å²) < 4.78 is 0. The van der Waals surface area contributed by atoms with Crippen molar-refractivity contribution in [3.8, 4) is 0 Å². The van der Waals surface area contributed by atoms with Crippen molar-refractivity contribution in [1.29, 1.82) is 0 Å². The Hall–Kier alpha value is -1.61. The fourth-order valence-electron chi connectivity index (χ4n) is 1.91. The van der Waals surface area contributed by atoms with Gasteiger partial charge in [0.05, 0.1) is 0 Å². The third-order valence-corrected chi connectivity index (χ3v) is 2.75. The third kappa shape index (κ3) is 2.70. The summed E-state index contributed by atoms with van der Waals surface area (Å²) in [7, 11) is 0. The summed E-state index contributed by atoms with van der Waals surface area (Å²) in [5.41, 5.74) is 8.99. The Labute approximate surface area is 95.3 Å². The Bertz CT molecular complexity index is 424. The summed E-state index contributed by atoms with van der Waals surface area (Å²) in [4.78, 5) is 10.6. The molecule has 0 fully saturated rings. The first-order valence-corrected chi connectivity index (χ1v) is 5.53. The minimum absolute atomic E-state index is 0.293. The summed E-state index contributed by atoms with van der Waals surface area (Å²) in [6, 6.07) is 6.41. The van der Waals surface area contributed by atoms with E-state index >= 15 is 0 Å². The molecule has 3 heteroatoms. The molecule has 1 heterocycles. The summed E-state index contributed by atoms with van der Waals surface area (Å²) >= 11 is 0. The third-order valence-electron chi connectivity index (χ3n) is 2.75. The molecule has 0 radical (unpaired) electrons. The van der Waals surface area contributed by atoms with Crippen LogP contribution in [0.3, 0.4) is 0 Å². The molecule has 0 saturated carbocycles. The van der Waals surface area contributed by atoms with Crippen LogP contribution in [0.5, 0.6) is 0 Å². The first-order chi connectivity index (χ1) is 7.75. The number of fused-ring (bicyclic) bond motifs is 1. The second kappa shape index (κ2) is 4.94. The Morgan fingerprint density at radius 2 is 2.31 bits per heavy atom. The molecule has 0 spiro atoms. The van der Waals surface area contributed by atoms with Crippen molar-refractivity contribution in [1.82, 2.24) is 5.32 Å². The summed E-state index contributed by atoms with van der Waals surface area (Å²) in [5.74, 6) is -0.293. The number of rotatable bonds is 3. The number of amides is 1. The molecule has 3 N–H and O–H groups in total. The minimum atomic E-state index is -0.293. The lowest BCUT2D eigenvalue weighted by Gasteiger charge is -2.17. The zero-order chi connectivity index (χ0) is 11.4. The van der Waals surface area contributed by atoms with E-state index in [0.717, 1.165) is 25.1 Å². The lowest BCUT2D eigenvalue weighted by atomic mass is 9.98. The van der Waals surface area contributed by atoms with Crippen molar-refractivity contribution in [2.75, 3.05) is 6.54 Å². The molecular formula is C13H16N2O. The van der Waals surface area contributed by atoms with Gasteiger partial charge in [-0.1, -0.05) is 30.4 Å². The van der Waals surface area contributed by atoms with Gasteiger partial charge in [0.1, 0.15) is 0 Å². The molecule has 0 saturated heterocycles. The molecule has 1 aromatic rings. The quantitative estimate of drug-likeness (QED) is 0.798. The van der Waals surface area contributed by atoms with Crippen LogP contribution in [0.2, 0.25) is 0 Å². The van der Waals surface area contributed by atoms with Crippen LogP contribution in [-0.2, 0) is 17.8 Å². The number of carbonyl (C=O) groups excluding carboxylic acids is 1. The number of hydrogen-bond donors (Lipinski definition) is 2. The Morgan fingerprint density at radius 1 is 1.44 bits per heavy atom. The van der Waals surface area contributed by atoms with Crippen LogP contribution in [0.4, 0.5) is 0 Å². The van der Waals surface area contributed by atoms with E-state index in [4.69, 9.17) is 5.73 Å². The monoisotopic (exact) mass is 216 g/mol. The molecule has 1 aromatic carbocycles. The molecular weight excluding hydrogens is 200 g/mol. The first kappa shape index (κ1) is 10.9. The largest absolute Gasteiger partial charge is 0.369 e. The highest BCUT2D eigenvalue weighted by atomic mass is 16.1. The van der Waals surface area contributed by atoms with E-state index < -0.39 is 0 Å². The number of benzene rings is 1. The maximum Gasteiger partial charge on any atom is 0.221 e. The number of nitrogens with two attached hydrogens (primary N) is 1. The fourth-order valence-corrected chi connectivity index (χ4v) is 1.91. The van der Waals surface area contributed by atoms with Crippen molar-refractivity contribution >= 4 is 12.0 Å². The second-order valence-corrected chi connectivity index (χ2v) is 4.03. The minimum Gasteiger partial charge on any atom is -0.369 e. The van der Waals surface area contributed by atoms with Crippen molar-refractivity contribution < 1.29 is 4.79 Å². The van der Waals surface area contributed by atoms with Gasteiger partial charge in [-0.15, -0.1) is 0 Å². The van der Waals surface area contributed by atoms with Gasteiger partial charge in [0.25, 0.3) is 0 Å². The van der Waals surface area contributed by atoms with E-state index in [1.165, 1.54) is 11.1 Å². The molecule has 0 bridgehead atoms. The van der Waals surface area contributed by atoms with E-state index in [-0.39, 0.29) is 5.91 Å². The van der Waals surface area contributed by atoms with Crippen molar-refractivity contribution in [2.24, 2.45) is 5.73 Å². The highest BCUT2D eigenvalue weighted by Gasteiger charge is 2.07. The van der Waals surface area contributed by atoms with Gasteiger partial charge in [0, 0.05) is 13.0 Å². The van der Waals surface area contributed by atoms with E-state index in [1.807, 2.05) is 12.2 Å². The Kier molecular flexibility index (Phi) is 3.37. The Balaban J connectivity index is 2.11. The average molecular weight is 216 g/mol. The normalized spacial score (nSPS) is 15.0. The van der Waals surface area contributed by atoms with Gasteiger partial charge >= 0.3 is 0 Å². The van der Waals surface area contributed by atoms with Gasteiger partial charge in [-0.2, -0.15) is 0 Å².